The maximum absolute atomic E-state index is 14.0. The smallest absolute Gasteiger partial charge is 0.253 e. The number of carbonyl (C=O) groups is 1. The van der Waals surface area contributed by atoms with Crippen molar-refractivity contribution < 1.29 is 17.6 Å². The molecule has 0 N–H and O–H groups in total. The summed E-state index contributed by atoms with van der Waals surface area (Å²) < 4.78 is 40.5. The molecule has 7 heteroatoms. The number of piperidine rings is 1. The fraction of sp³-hybridized carbons (Fsp3) is 0.533. The number of carbonyl (C=O) groups excluding carboxylic acids is 1. The van der Waals surface area contributed by atoms with Crippen LogP contribution in [-0.2, 0) is 10.0 Å². The van der Waals surface area contributed by atoms with Gasteiger partial charge >= 0.3 is 0 Å². The molecule has 0 aliphatic carbocycles. The van der Waals surface area contributed by atoms with Gasteiger partial charge in [-0.2, -0.15) is 4.31 Å². The fourth-order valence-electron chi connectivity index (χ4n) is 2.44. The van der Waals surface area contributed by atoms with Crippen LogP contribution in [0.4, 0.5) is 4.39 Å². The first-order valence-corrected chi connectivity index (χ1v) is 8.87. The highest BCUT2D eigenvalue weighted by atomic mass is 32.2. The van der Waals surface area contributed by atoms with Gasteiger partial charge in [0.15, 0.2) is 0 Å². The Kier molecular flexibility index (Phi) is 5.18. The van der Waals surface area contributed by atoms with E-state index in [0.29, 0.717) is 19.6 Å². The highest BCUT2D eigenvalue weighted by molar-refractivity contribution is 7.89. The van der Waals surface area contributed by atoms with Gasteiger partial charge in [0, 0.05) is 32.2 Å². The van der Waals surface area contributed by atoms with E-state index in [4.69, 9.17) is 0 Å². The summed E-state index contributed by atoms with van der Waals surface area (Å²) in [4.78, 5) is 13.2. The lowest BCUT2D eigenvalue weighted by Crippen LogP contribution is -2.36. The number of rotatable bonds is 4. The van der Waals surface area contributed by atoms with Gasteiger partial charge in [-0.3, -0.25) is 4.79 Å². The molecule has 1 amide bonds. The molecule has 1 heterocycles. The third-order valence-electron chi connectivity index (χ3n) is 3.93. The number of hydrogen-bond donors (Lipinski definition) is 0. The lowest BCUT2D eigenvalue weighted by atomic mass is 10.2. The second-order valence-electron chi connectivity index (χ2n) is 5.43. The van der Waals surface area contributed by atoms with Crippen molar-refractivity contribution >= 4 is 15.9 Å². The lowest BCUT2D eigenvalue weighted by molar-refractivity contribution is 0.0802. The molecule has 1 aliphatic rings. The van der Waals surface area contributed by atoms with Crippen molar-refractivity contribution in [1.29, 1.82) is 0 Å². The molecule has 1 saturated heterocycles. The van der Waals surface area contributed by atoms with E-state index in [0.717, 1.165) is 31.4 Å². The number of benzene rings is 1. The minimum Gasteiger partial charge on any atom is -0.342 e. The topological polar surface area (TPSA) is 57.7 Å². The monoisotopic (exact) mass is 328 g/mol. The molecule has 22 heavy (non-hydrogen) atoms. The quantitative estimate of drug-likeness (QED) is 0.850. The standard InChI is InChI=1S/C15H21FN2O3S/c1-3-17(2)15(19)12-7-8-13(16)14(11-12)22(20,21)18-9-5-4-6-10-18/h7-8,11H,3-6,9-10H2,1-2H3. The van der Waals surface area contributed by atoms with Gasteiger partial charge in [-0.1, -0.05) is 6.42 Å². The highest BCUT2D eigenvalue weighted by Crippen LogP contribution is 2.24. The summed E-state index contributed by atoms with van der Waals surface area (Å²) >= 11 is 0. The van der Waals surface area contributed by atoms with Gasteiger partial charge in [0.25, 0.3) is 5.91 Å². The molecule has 0 spiro atoms. The van der Waals surface area contributed by atoms with Crippen LogP contribution in [0.25, 0.3) is 0 Å². The first-order valence-electron chi connectivity index (χ1n) is 7.43. The van der Waals surface area contributed by atoms with Crippen LogP contribution in [0.5, 0.6) is 0 Å². The molecule has 0 radical (unpaired) electrons. The highest BCUT2D eigenvalue weighted by Gasteiger charge is 2.29. The van der Waals surface area contributed by atoms with Crippen LogP contribution >= 0.6 is 0 Å². The molecule has 0 aromatic heterocycles. The maximum atomic E-state index is 14.0. The summed E-state index contributed by atoms with van der Waals surface area (Å²) in [6.07, 6.45) is 2.53. The van der Waals surface area contributed by atoms with Crippen molar-refractivity contribution in [1.82, 2.24) is 9.21 Å². The molecular formula is C15H21FN2O3S. The summed E-state index contributed by atoms with van der Waals surface area (Å²) in [5, 5.41) is 0. The molecule has 1 aromatic rings. The number of halogens is 1. The Morgan fingerprint density at radius 1 is 1.27 bits per heavy atom. The van der Waals surface area contributed by atoms with E-state index >= 15 is 0 Å². The van der Waals surface area contributed by atoms with E-state index in [9.17, 15) is 17.6 Å². The van der Waals surface area contributed by atoms with Gasteiger partial charge in [0.2, 0.25) is 10.0 Å². The largest absolute Gasteiger partial charge is 0.342 e. The summed E-state index contributed by atoms with van der Waals surface area (Å²) in [6.45, 7) is 3.10. The van der Waals surface area contributed by atoms with Gasteiger partial charge in [-0.15, -0.1) is 0 Å². The van der Waals surface area contributed by atoms with Crippen LogP contribution in [0.1, 0.15) is 36.5 Å². The minimum absolute atomic E-state index is 0.182. The Hall–Kier alpha value is -1.47. The molecule has 0 atom stereocenters. The average Bonchev–Trinajstić information content (AvgIpc) is 2.54. The number of amides is 1. The van der Waals surface area contributed by atoms with Crippen molar-refractivity contribution in [3.63, 3.8) is 0 Å². The van der Waals surface area contributed by atoms with E-state index in [1.54, 1.807) is 7.05 Å². The molecule has 1 aromatic carbocycles. The molecule has 122 valence electrons. The van der Waals surface area contributed by atoms with Crippen LogP contribution in [0, 0.1) is 5.82 Å². The van der Waals surface area contributed by atoms with Gasteiger partial charge in [0.05, 0.1) is 0 Å². The normalized spacial score (nSPS) is 16.5. The van der Waals surface area contributed by atoms with Gasteiger partial charge in [-0.05, 0) is 38.0 Å². The summed E-state index contributed by atoms with van der Waals surface area (Å²) in [5.41, 5.74) is 0.182. The molecule has 2 rings (SSSR count). The van der Waals surface area contributed by atoms with E-state index in [1.165, 1.54) is 15.3 Å². The second-order valence-corrected chi connectivity index (χ2v) is 7.34. The van der Waals surface area contributed by atoms with Crippen LogP contribution in [0.2, 0.25) is 0 Å². The first-order chi connectivity index (χ1) is 10.4. The Balaban J connectivity index is 2.39. The van der Waals surface area contributed by atoms with Crippen LogP contribution in [0.3, 0.4) is 0 Å². The molecule has 1 aliphatic heterocycles. The predicted molar refractivity (Wildman–Crippen MR) is 81.6 cm³/mol. The number of hydrogen-bond acceptors (Lipinski definition) is 3. The molecular weight excluding hydrogens is 307 g/mol. The molecule has 5 nitrogen and oxygen atoms in total. The van der Waals surface area contributed by atoms with Crippen molar-refractivity contribution in [2.45, 2.75) is 31.1 Å². The van der Waals surface area contributed by atoms with Crippen molar-refractivity contribution in [2.24, 2.45) is 0 Å². The predicted octanol–water partition coefficient (Wildman–Crippen LogP) is 2.09. The SMILES string of the molecule is CCN(C)C(=O)c1ccc(F)c(S(=O)(=O)N2CCCCC2)c1. The zero-order valence-corrected chi connectivity index (χ0v) is 13.7. The van der Waals surface area contributed by atoms with E-state index in [-0.39, 0.29) is 11.5 Å². The van der Waals surface area contributed by atoms with Crippen molar-refractivity contribution in [2.75, 3.05) is 26.7 Å². The molecule has 0 bridgehead atoms. The maximum Gasteiger partial charge on any atom is 0.253 e. The first kappa shape index (κ1) is 16.9. The van der Waals surface area contributed by atoms with Crippen LogP contribution in [0.15, 0.2) is 23.1 Å². The fourth-order valence-corrected chi connectivity index (χ4v) is 4.05. The second kappa shape index (κ2) is 6.75. The van der Waals surface area contributed by atoms with Gasteiger partial charge < -0.3 is 4.90 Å². The van der Waals surface area contributed by atoms with E-state index in [1.807, 2.05) is 6.92 Å². The zero-order valence-electron chi connectivity index (χ0n) is 12.9. The third-order valence-corrected chi connectivity index (χ3v) is 5.85. The average molecular weight is 328 g/mol. The van der Waals surface area contributed by atoms with Crippen LogP contribution < -0.4 is 0 Å². The Morgan fingerprint density at radius 2 is 1.91 bits per heavy atom. The van der Waals surface area contributed by atoms with Crippen LogP contribution in [-0.4, -0.2) is 50.2 Å². The van der Waals surface area contributed by atoms with E-state index < -0.39 is 20.7 Å². The van der Waals surface area contributed by atoms with Gasteiger partial charge in [0.1, 0.15) is 10.7 Å². The Labute approximate surface area is 130 Å². The minimum atomic E-state index is -3.89. The molecule has 0 saturated carbocycles. The summed E-state index contributed by atoms with van der Waals surface area (Å²) in [6, 6.07) is 3.51. The lowest BCUT2D eigenvalue weighted by Gasteiger charge is -2.26. The Bertz CT molecular complexity index is 655. The number of sulfonamides is 1. The van der Waals surface area contributed by atoms with E-state index in [2.05, 4.69) is 0 Å². The molecule has 0 unspecified atom stereocenters. The summed E-state index contributed by atoms with van der Waals surface area (Å²) in [5.74, 6) is -1.14. The van der Waals surface area contributed by atoms with Crippen molar-refractivity contribution in [3.8, 4) is 0 Å². The molecule has 1 fully saturated rings. The third kappa shape index (κ3) is 3.30. The zero-order chi connectivity index (χ0) is 16.3. The Morgan fingerprint density at radius 3 is 2.50 bits per heavy atom. The number of nitrogens with zero attached hydrogens (tertiary/aromatic N) is 2. The summed E-state index contributed by atoms with van der Waals surface area (Å²) in [7, 11) is -2.28. The van der Waals surface area contributed by atoms with Gasteiger partial charge in [-0.25, -0.2) is 12.8 Å². The van der Waals surface area contributed by atoms with Crippen molar-refractivity contribution in [3.05, 3.63) is 29.6 Å².